The summed E-state index contributed by atoms with van der Waals surface area (Å²) in [6.45, 7) is 0.436. The van der Waals surface area contributed by atoms with Gasteiger partial charge in [-0.3, -0.25) is 0 Å². The van der Waals surface area contributed by atoms with Gasteiger partial charge in [-0.2, -0.15) is 0 Å². The van der Waals surface area contributed by atoms with Crippen LogP contribution >= 0.6 is 0 Å². The molecule has 1 aliphatic rings. The molecule has 3 aromatic rings. The van der Waals surface area contributed by atoms with E-state index >= 15 is 0 Å². The van der Waals surface area contributed by atoms with Crippen LogP contribution in [0, 0.1) is 0 Å². The summed E-state index contributed by atoms with van der Waals surface area (Å²) in [6, 6.07) is 29.1. The Labute approximate surface area is 211 Å². The Morgan fingerprint density at radius 2 is 1.11 bits per heavy atom. The zero-order valence-electron chi connectivity index (χ0n) is 20.3. The first-order valence-corrected chi connectivity index (χ1v) is 12.0. The second kappa shape index (κ2) is 13.3. The zero-order valence-corrected chi connectivity index (χ0v) is 20.3. The van der Waals surface area contributed by atoms with Gasteiger partial charge in [0.25, 0.3) is 0 Å². The van der Waals surface area contributed by atoms with Crippen LogP contribution in [0.1, 0.15) is 16.7 Å². The molecule has 0 spiro atoms. The SMILES string of the molecule is COC(=O)C1O[C@@H](CO)C(OCc2ccccc2)[C@@H](OCc2ccccc2)[C@H]1OCc1ccccc1. The van der Waals surface area contributed by atoms with E-state index in [1.165, 1.54) is 7.11 Å². The molecule has 2 unspecified atom stereocenters. The Bertz CT molecular complexity index is 1040. The lowest BCUT2D eigenvalue weighted by molar-refractivity contribution is -0.269. The number of rotatable bonds is 11. The van der Waals surface area contributed by atoms with Gasteiger partial charge in [-0.05, 0) is 16.7 Å². The topological polar surface area (TPSA) is 83.5 Å². The first-order chi connectivity index (χ1) is 17.7. The van der Waals surface area contributed by atoms with Crippen molar-refractivity contribution in [3.05, 3.63) is 108 Å². The second-order valence-corrected chi connectivity index (χ2v) is 8.58. The Morgan fingerprint density at radius 3 is 1.53 bits per heavy atom. The Kier molecular flexibility index (Phi) is 9.61. The van der Waals surface area contributed by atoms with E-state index in [2.05, 4.69) is 0 Å². The third kappa shape index (κ3) is 6.78. The molecule has 7 nitrogen and oxygen atoms in total. The van der Waals surface area contributed by atoms with Crippen molar-refractivity contribution in [3.8, 4) is 0 Å². The minimum absolute atomic E-state index is 0.239. The molecular formula is C29H32O7. The summed E-state index contributed by atoms with van der Waals surface area (Å²) in [5, 5.41) is 10.2. The zero-order chi connectivity index (χ0) is 25.2. The second-order valence-electron chi connectivity index (χ2n) is 8.58. The van der Waals surface area contributed by atoms with Crippen LogP contribution < -0.4 is 0 Å². The first-order valence-electron chi connectivity index (χ1n) is 12.0. The normalized spacial score (nSPS) is 23.8. The molecule has 0 aromatic heterocycles. The lowest BCUT2D eigenvalue weighted by Gasteiger charge is -2.44. The average molecular weight is 493 g/mol. The minimum Gasteiger partial charge on any atom is -0.467 e. The van der Waals surface area contributed by atoms with Crippen molar-refractivity contribution in [2.75, 3.05) is 13.7 Å². The lowest BCUT2D eigenvalue weighted by atomic mass is 9.94. The fourth-order valence-corrected chi connectivity index (χ4v) is 4.24. The molecular weight excluding hydrogens is 460 g/mol. The van der Waals surface area contributed by atoms with Crippen LogP contribution in [0.5, 0.6) is 0 Å². The molecule has 4 rings (SSSR count). The van der Waals surface area contributed by atoms with Crippen LogP contribution in [-0.4, -0.2) is 55.3 Å². The van der Waals surface area contributed by atoms with Crippen molar-refractivity contribution < 1.29 is 33.6 Å². The highest BCUT2D eigenvalue weighted by atomic mass is 16.6. The van der Waals surface area contributed by atoms with E-state index in [0.717, 1.165) is 16.7 Å². The summed E-state index contributed by atoms with van der Waals surface area (Å²) in [5.41, 5.74) is 2.87. The maximum absolute atomic E-state index is 12.8. The molecule has 1 saturated heterocycles. The number of benzene rings is 3. The van der Waals surface area contributed by atoms with E-state index in [4.69, 9.17) is 23.7 Å². The number of aliphatic hydroxyl groups excluding tert-OH is 1. The van der Waals surface area contributed by atoms with E-state index in [-0.39, 0.29) is 26.4 Å². The minimum atomic E-state index is -1.09. The summed E-state index contributed by atoms with van der Waals surface area (Å²) < 4.78 is 30.0. The van der Waals surface area contributed by atoms with E-state index < -0.39 is 36.5 Å². The Balaban J connectivity index is 1.61. The molecule has 0 aliphatic carbocycles. The number of hydrogen-bond donors (Lipinski definition) is 1. The van der Waals surface area contributed by atoms with Gasteiger partial charge < -0.3 is 28.8 Å². The van der Waals surface area contributed by atoms with Gasteiger partial charge in [0.15, 0.2) is 6.10 Å². The smallest absolute Gasteiger partial charge is 0.337 e. The number of carbonyl (C=O) groups excluding carboxylic acids is 1. The number of ether oxygens (including phenoxy) is 5. The maximum atomic E-state index is 12.8. The molecule has 0 bridgehead atoms. The van der Waals surface area contributed by atoms with E-state index in [1.54, 1.807) is 0 Å². The van der Waals surface area contributed by atoms with Crippen LogP contribution in [0.2, 0.25) is 0 Å². The molecule has 5 atom stereocenters. The van der Waals surface area contributed by atoms with Crippen molar-refractivity contribution in [1.82, 2.24) is 0 Å². The number of hydrogen-bond acceptors (Lipinski definition) is 7. The molecule has 0 amide bonds. The van der Waals surface area contributed by atoms with Crippen molar-refractivity contribution in [2.24, 2.45) is 0 Å². The maximum Gasteiger partial charge on any atom is 0.337 e. The average Bonchev–Trinajstić information content (AvgIpc) is 2.94. The lowest BCUT2D eigenvalue weighted by Crippen LogP contribution is -2.63. The van der Waals surface area contributed by atoms with E-state index in [0.29, 0.717) is 0 Å². The van der Waals surface area contributed by atoms with Crippen LogP contribution in [0.3, 0.4) is 0 Å². The molecule has 1 aliphatic heterocycles. The molecule has 1 N–H and O–H groups in total. The number of methoxy groups -OCH3 is 1. The van der Waals surface area contributed by atoms with Gasteiger partial charge in [0.05, 0.1) is 33.5 Å². The first kappa shape index (κ1) is 26.0. The van der Waals surface area contributed by atoms with Crippen molar-refractivity contribution in [1.29, 1.82) is 0 Å². The van der Waals surface area contributed by atoms with Gasteiger partial charge >= 0.3 is 5.97 Å². The fourth-order valence-electron chi connectivity index (χ4n) is 4.24. The highest BCUT2D eigenvalue weighted by Crippen LogP contribution is 2.31. The van der Waals surface area contributed by atoms with Crippen molar-refractivity contribution >= 4 is 5.97 Å². The Morgan fingerprint density at radius 1 is 0.694 bits per heavy atom. The molecule has 190 valence electrons. The summed E-state index contributed by atoms with van der Waals surface area (Å²) in [7, 11) is 1.30. The third-order valence-electron chi connectivity index (χ3n) is 6.10. The molecule has 36 heavy (non-hydrogen) atoms. The largest absolute Gasteiger partial charge is 0.467 e. The van der Waals surface area contributed by atoms with E-state index in [1.807, 2.05) is 91.0 Å². The molecule has 0 radical (unpaired) electrons. The van der Waals surface area contributed by atoms with Gasteiger partial charge in [-0.15, -0.1) is 0 Å². The number of esters is 1. The summed E-state index contributed by atoms with van der Waals surface area (Å²) >= 11 is 0. The Hall–Kier alpha value is -3.07. The quantitative estimate of drug-likeness (QED) is 0.409. The predicted octanol–water partition coefficient (Wildman–Crippen LogP) is 3.68. The molecule has 7 heteroatoms. The van der Waals surface area contributed by atoms with Crippen LogP contribution in [0.15, 0.2) is 91.0 Å². The van der Waals surface area contributed by atoms with Crippen LogP contribution in [0.4, 0.5) is 0 Å². The fraction of sp³-hybridized carbons (Fsp3) is 0.345. The van der Waals surface area contributed by atoms with Gasteiger partial charge in [0.1, 0.15) is 24.4 Å². The molecule has 0 saturated carbocycles. The summed E-state index contributed by atoms with van der Waals surface area (Å²) in [6.07, 6.45) is -4.14. The van der Waals surface area contributed by atoms with Crippen LogP contribution in [0.25, 0.3) is 0 Å². The third-order valence-corrected chi connectivity index (χ3v) is 6.10. The standard InChI is InChI=1S/C29H32O7/c1-32-29(31)28-27(35-20-23-15-9-4-10-16-23)26(34-19-22-13-7-3-8-14-22)25(24(17-30)36-28)33-18-21-11-5-2-6-12-21/h2-16,24-28,30H,17-20H2,1H3/t24-,25?,26+,27+,28?/m0/s1. The van der Waals surface area contributed by atoms with E-state index in [9.17, 15) is 9.90 Å². The van der Waals surface area contributed by atoms with Gasteiger partial charge in [-0.25, -0.2) is 4.79 Å². The van der Waals surface area contributed by atoms with Gasteiger partial charge in [-0.1, -0.05) is 91.0 Å². The van der Waals surface area contributed by atoms with Crippen molar-refractivity contribution in [2.45, 2.75) is 50.3 Å². The molecule has 1 heterocycles. The number of carbonyl (C=O) groups is 1. The van der Waals surface area contributed by atoms with Gasteiger partial charge in [0.2, 0.25) is 0 Å². The monoisotopic (exact) mass is 492 g/mol. The summed E-state index contributed by atoms with van der Waals surface area (Å²) in [4.78, 5) is 12.8. The molecule has 1 fully saturated rings. The van der Waals surface area contributed by atoms with Gasteiger partial charge in [0, 0.05) is 0 Å². The molecule has 3 aromatic carbocycles. The highest BCUT2D eigenvalue weighted by Gasteiger charge is 2.51. The highest BCUT2D eigenvalue weighted by molar-refractivity contribution is 5.75. The van der Waals surface area contributed by atoms with Crippen LogP contribution in [-0.2, 0) is 48.3 Å². The predicted molar refractivity (Wildman–Crippen MR) is 133 cm³/mol. The van der Waals surface area contributed by atoms with Crippen molar-refractivity contribution in [3.63, 3.8) is 0 Å². The summed E-state index contributed by atoms with van der Waals surface area (Å²) in [5.74, 6) is -0.596. The number of aliphatic hydroxyl groups is 1.